The zero-order valence-electron chi connectivity index (χ0n) is 21.5. The number of hydrogen-bond donors (Lipinski definition) is 3. The zero-order chi connectivity index (χ0) is 27.9. The van der Waals surface area contributed by atoms with E-state index in [1.807, 2.05) is 55.5 Å². The van der Waals surface area contributed by atoms with Crippen molar-refractivity contribution >= 4 is 17.6 Å². The number of nitrogens with zero attached hydrogens (tertiary/aromatic N) is 4. The van der Waals surface area contributed by atoms with Crippen LogP contribution in [0.1, 0.15) is 34.6 Å². The highest BCUT2D eigenvalue weighted by molar-refractivity contribution is 7.98. The highest BCUT2D eigenvalue weighted by Crippen LogP contribution is 2.38. The fourth-order valence-electron chi connectivity index (χ4n) is 4.09. The van der Waals surface area contributed by atoms with Crippen LogP contribution in [0.3, 0.4) is 0 Å². The minimum absolute atomic E-state index is 0.0377. The summed E-state index contributed by atoms with van der Waals surface area (Å²) in [4.78, 5) is 9.03. The van der Waals surface area contributed by atoms with Crippen molar-refractivity contribution in [2.45, 2.75) is 36.6 Å². The quantitative estimate of drug-likeness (QED) is 0.241. The number of oxazole rings is 1. The summed E-state index contributed by atoms with van der Waals surface area (Å²) in [6.45, 7) is 1.53. The zero-order valence-corrected chi connectivity index (χ0v) is 22.3. The number of para-hydroxylation sites is 1. The average molecular weight is 542 g/mol. The predicted molar refractivity (Wildman–Crippen MR) is 148 cm³/mol. The van der Waals surface area contributed by atoms with Gasteiger partial charge in [0.2, 0.25) is 5.89 Å². The largest absolute Gasteiger partial charge is 0.496 e. The molecule has 198 valence electrons. The van der Waals surface area contributed by atoms with Crippen molar-refractivity contribution in [3.63, 3.8) is 0 Å². The van der Waals surface area contributed by atoms with Gasteiger partial charge < -0.3 is 25.1 Å². The third kappa shape index (κ3) is 6.05. The van der Waals surface area contributed by atoms with E-state index < -0.39 is 6.10 Å². The normalized spacial score (nSPS) is 11.5. The van der Waals surface area contributed by atoms with Gasteiger partial charge in [0.25, 0.3) is 0 Å². The number of hydrogen-bond acceptors (Lipinski definition) is 10. The standard InChI is InChI=1S/C29H27N5O4S/c1-17-24(33-28(38-17)21-5-3-4-6-25(21)37-2)16-39-29-23(14-31)26(22(13-30)27(32)34-29)19-10-7-18(8-11-19)9-12-20(36)15-35/h3-8,10-11,20,35-36H,9,12,15-16H2,1-2H3,(H2,32,34)/t20-/m0/s1. The maximum atomic E-state index is 10.1. The van der Waals surface area contributed by atoms with E-state index in [2.05, 4.69) is 22.1 Å². The van der Waals surface area contributed by atoms with Crippen LogP contribution in [0.25, 0.3) is 22.6 Å². The molecule has 0 radical (unpaired) electrons. The Kier molecular flexibility index (Phi) is 8.84. The second-order valence-electron chi connectivity index (χ2n) is 8.73. The van der Waals surface area contributed by atoms with Crippen molar-refractivity contribution < 1.29 is 19.4 Å². The molecule has 0 aliphatic heterocycles. The highest BCUT2D eigenvalue weighted by Gasteiger charge is 2.22. The summed E-state index contributed by atoms with van der Waals surface area (Å²) in [5.41, 5.74) is 10.0. The predicted octanol–water partition coefficient (Wildman–Crippen LogP) is 4.62. The van der Waals surface area contributed by atoms with Gasteiger partial charge in [-0.3, -0.25) is 0 Å². The molecule has 0 saturated carbocycles. The number of rotatable bonds is 10. The van der Waals surface area contributed by atoms with Crippen LogP contribution < -0.4 is 10.5 Å². The van der Waals surface area contributed by atoms with Crippen molar-refractivity contribution in [1.29, 1.82) is 10.5 Å². The number of aryl methyl sites for hydroxylation is 2. The number of methoxy groups -OCH3 is 1. The van der Waals surface area contributed by atoms with E-state index >= 15 is 0 Å². The Morgan fingerprint density at radius 2 is 1.79 bits per heavy atom. The lowest BCUT2D eigenvalue weighted by atomic mass is 9.95. The monoisotopic (exact) mass is 541 g/mol. The maximum absolute atomic E-state index is 10.1. The second-order valence-corrected chi connectivity index (χ2v) is 9.70. The number of pyridine rings is 1. The van der Waals surface area contributed by atoms with Gasteiger partial charge in [-0.1, -0.05) is 48.2 Å². The van der Waals surface area contributed by atoms with Crippen LogP contribution in [0.15, 0.2) is 58.0 Å². The summed E-state index contributed by atoms with van der Waals surface area (Å²) >= 11 is 1.29. The molecule has 1 atom stereocenters. The van der Waals surface area contributed by atoms with E-state index in [4.69, 9.17) is 20.0 Å². The molecule has 0 bridgehead atoms. The molecule has 0 aliphatic carbocycles. The van der Waals surface area contributed by atoms with Gasteiger partial charge in [-0.25, -0.2) is 9.97 Å². The molecular formula is C29H27N5O4S. The second kappa shape index (κ2) is 12.5. The Hall–Kier alpha value is -4.35. The number of nitrogen functional groups attached to an aromatic ring is 1. The van der Waals surface area contributed by atoms with E-state index in [-0.39, 0.29) is 23.6 Å². The van der Waals surface area contributed by atoms with Gasteiger partial charge in [-0.2, -0.15) is 10.5 Å². The van der Waals surface area contributed by atoms with Gasteiger partial charge in [0, 0.05) is 11.3 Å². The van der Waals surface area contributed by atoms with Gasteiger partial charge >= 0.3 is 0 Å². The molecule has 2 aromatic carbocycles. The van der Waals surface area contributed by atoms with E-state index in [1.165, 1.54) is 11.8 Å². The lowest BCUT2D eigenvalue weighted by Crippen LogP contribution is -2.12. The Morgan fingerprint density at radius 1 is 1.08 bits per heavy atom. The molecule has 4 N–H and O–H groups in total. The molecule has 2 heterocycles. The molecule has 39 heavy (non-hydrogen) atoms. The topological polar surface area (TPSA) is 162 Å². The number of nitriles is 2. The number of anilines is 1. The number of ether oxygens (including phenoxy) is 1. The average Bonchev–Trinajstić information content (AvgIpc) is 3.34. The van der Waals surface area contributed by atoms with Crippen LogP contribution in [0.2, 0.25) is 0 Å². The molecule has 4 rings (SSSR count). The van der Waals surface area contributed by atoms with Gasteiger partial charge in [0.05, 0.1) is 36.6 Å². The lowest BCUT2D eigenvalue weighted by molar-refractivity contribution is 0.0886. The molecule has 0 fully saturated rings. The van der Waals surface area contributed by atoms with Crippen molar-refractivity contribution in [3.05, 3.63) is 76.7 Å². The Balaban J connectivity index is 1.64. The first-order valence-corrected chi connectivity index (χ1v) is 13.1. The fourth-order valence-corrected chi connectivity index (χ4v) is 5.09. The smallest absolute Gasteiger partial charge is 0.230 e. The van der Waals surface area contributed by atoms with Gasteiger partial charge in [-0.05, 0) is 43.0 Å². The molecule has 0 aliphatic rings. The summed E-state index contributed by atoms with van der Waals surface area (Å²) in [5, 5.41) is 39.0. The van der Waals surface area contributed by atoms with Crippen molar-refractivity contribution in [3.8, 4) is 40.5 Å². The minimum Gasteiger partial charge on any atom is -0.496 e. The number of thioether (sulfide) groups is 1. The van der Waals surface area contributed by atoms with Crippen molar-refractivity contribution in [1.82, 2.24) is 9.97 Å². The van der Waals surface area contributed by atoms with Crippen LogP contribution in [0, 0.1) is 29.6 Å². The molecule has 10 heteroatoms. The summed E-state index contributed by atoms with van der Waals surface area (Å²) in [6, 6.07) is 19.1. The first-order chi connectivity index (χ1) is 18.9. The number of aromatic nitrogens is 2. The number of aliphatic hydroxyl groups excluding tert-OH is 2. The highest BCUT2D eigenvalue weighted by atomic mass is 32.2. The van der Waals surface area contributed by atoms with Crippen LogP contribution in [-0.2, 0) is 12.2 Å². The van der Waals surface area contributed by atoms with Gasteiger partial charge in [-0.15, -0.1) is 0 Å². The van der Waals surface area contributed by atoms with E-state index in [0.29, 0.717) is 57.8 Å². The summed E-state index contributed by atoms with van der Waals surface area (Å²) in [7, 11) is 1.59. The first-order valence-electron chi connectivity index (χ1n) is 12.1. The maximum Gasteiger partial charge on any atom is 0.230 e. The summed E-state index contributed by atoms with van der Waals surface area (Å²) < 4.78 is 11.3. The molecule has 0 saturated heterocycles. The minimum atomic E-state index is -0.779. The molecular weight excluding hydrogens is 514 g/mol. The van der Waals surface area contributed by atoms with Crippen LogP contribution >= 0.6 is 11.8 Å². The summed E-state index contributed by atoms with van der Waals surface area (Å²) in [6.07, 6.45) is 0.219. The molecule has 4 aromatic rings. The SMILES string of the molecule is COc1ccccc1-c1nc(CSc2nc(N)c(C#N)c(-c3ccc(CC[C@H](O)CO)cc3)c2C#N)c(C)o1. The van der Waals surface area contributed by atoms with Gasteiger partial charge in [0.15, 0.2) is 0 Å². The third-order valence-corrected chi connectivity index (χ3v) is 7.20. The molecule has 0 unspecified atom stereocenters. The Morgan fingerprint density at radius 3 is 2.46 bits per heavy atom. The molecule has 2 aromatic heterocycles. The van der Waals surface area contributed by atoms with Crippen molar-refractivity contribution in [2.24, 2.45) is 0 Å². The summed E-state index contributed by atoms with van der Waals surface area (Å²) in [5.74, 6) is 2.11. The van der Waals surface area contributed by atoms with Crippen LogP contribution in [0.5, 0.6) is 5.75 Å². The van der Waals surface area contributed by atoms with E-state index in [1.54, 1.807) is 7.11 Å². The number of aliphatic hydroxyl groups is 2. The lowest BCUT2D eigenvalue weighted by Gasteiger charge is -2.13. The number of nitrogens with two attached hydrogens (primary N) is 1. The molecule has 9 nitrogen and oxygen atoms in total. The Bertz CT molecular complexity index is 1550. The first kappa shape index (κ1) is 27.7. The van der Waals surface area contributed by atoms with Crippen molar-refractivity contribution in [2.75, 3.05) is 19.5 Å². The van der Waals surface area contributed by atoms with E-state index in [0.717, 1.165) is 11.1 Å². The molecule has 0 spiro atoms. The Labute approximate surface area is 230 Å². The fraction of sp³-hybridized carbons (Fsp3) is 0.241. The third-order valence-electron chi connectivity index (χ3n) is 6.21. The van der Waals surface area contributed by atoms with E-state index in [9.17, 15) is 15.6 Å². The molecule has 0 amide bonds. The number of benzene rings is 2. The van der Waals surface area contributed by atoms with Crippen LogP contribution in [0.4, 0.5) is 5.82 Å². The van der Waals surface area contributed by atoms with Gasteiger partial charge in [0.1, 0.15) is 40.1 Å². The van der Waals surface area contributed by atoms with Crippen LogP contribution in [-0.4, -0.2) is 40.0 Å².